The number of nitrogens with zero attached hydrogens (tertiary/aromatic N) is 2. The Hall–Kier alpha value is -3.81. The van der Waals surface area contributed by atoms with Gasteiger partial charge in [0.25, 0.3) is 0 Å². The molecule has 8 heteroatoms. The van der Waals surface area contributed by atoms with E-state index in [0.29, 0.717) is 29.4 Å². The number of benzene rings is 2. The van der Waals surface area contributed by atoms with Crippen LogP contribution in [0, 0.1) is 0 Å². The van der Waals surface area contributed by atoms with Crippen LogP contribution in [0.3, 0.4) is 0 Å². The number of alkyl halides is 3. The minimum atomic E-state index is -4.36. The number of pyridine rings is 1. The van der Waals surface area contributed by atoms with Crippen LogP contribution in [0.2, 0.25) is 0 Å². The lowest BCUT2D eigenvalue weighted by molar-refractivity contribution is -0.137. The summed E-state index contributed by atoms with van der Waals surface area (Å²) in [5, 5.41) is 10.2. The van der Waals surface area contributed by atoms with Crippen molar-refractivity contribution in [2.24, 2.45) is 0 Å². The van der Waals surface area contributed by atoms with Crippen LogP contribution in [0.15, 0.2) is 79.1 Å². The molecule has 0 saturated heterocycles. The predicted molar refractivity (Wildman–Crippen MR) is 107 cm³/mol. The number of hydrogen-bond donors (Lipinski definition) is 2. The highest BCUT2D eigenvalue weighted by Crippen LogP contribution is 2.31. The normalized spacial score (nSPS) is 11.3. The van der Waals surface area contributed by atoms with Crippen molar-refractivity contribution in [1.29, 1.82) is 0 Å². The highest BCUT2D eigenvalue weighted by atomic mass is 19.4. The summed E-state index contributed by atoms with van der Waals surface area (Å²) in [5.41, 5.74) is 2.16. The summed E-state index contributed by atoms with van der Waals surface area (Å²) in [6, 6.07) is 17.8. The average Bonchev–Trinajstić information content (AvgIpc) is 3.21. The Morgan fingerprint density at radius 3 is 2.53 bits per heavy atom. The molecule has 0 amide bonds. The summed E-state index contributed by atoms with van der Waals surface area (Å²) in [5.74, 6) is 1.13. The van der Waals surface area contributed by atoms with Gasteiger partial charge in [-0.15, -0.1) is 0 Å². The van der Waals surface area contributed by atoms with Gasteiger partial charge in [0.1, 0.15) is 5.75 Å². The van der Waals surface area contributed by atoms with Crippen LogP contribution < -0.4 is 10.1 Å². The molecule has 4 rings (SSSR count). The van der Waals surface area contributed by atoms with Gasteiger partial charge in [0.15, 0.2) is 0 Å². The number of H-pyrrole nitrogens is 1. The van der Waals surface area contributed by atoms with E-state index in [1.165, 1.54) is 12.1 Å². The van der Waals surface area contributed by atoms with Crippen LogP contribution in [-0.4, -0.2) is 15.2 Å². The van der Waals surface area contributed by atoms with E-state index in [0.717, 1.165) is 23.4 Å². The molecule has 0 aliphatic heterocycles. The van der Waals surface area contributed by atoms with Crippen LogP contribution in [0.25, 0.3) is 11.3 Å². The topological polar surface area (TPSA) is 62.8 Å². The summed E-state index contributed by atoms with van der Waals surface area (Å²) in [6.07, 6.45) is -0.996. The second-order valence-corrected chi connectivity index (χ2v) is 6.49. The maximum Gasteiger partial charge on any atom is 0.416 e. The van der Waals surface area contributed by atoms with E-state index in [-0.39, 0.29) is 0 Å². The molecule has 0 radical (unpaired) electrons. The molecule has 0 atom stereocenters. The molecule has 2 N–H and O–H groups in total. The van der Waals surface area contributed by atoms with Gasteiger partial charge in [-0.1, -0.05) is 24.3 Å². The van der Waals surface area contributed by atoms with Gasteiger partial charge in [-0.2, -0.15) is 18.3 Å². The van der Waals surface area contributed by atoms with E-state index in [2.05, 4.69) is 20.5 Å². The third kappa shape index (κ3) is 4.60. The zero-order chi connectivity index (χ0) is 21.0. The highest BCUT2D eigenvalue weighted by molar-refractivity contribution is 5.64. The molecule has 0 spiro atoms. The molecule has 152 valence electrons. The van der Waals surface area contributed by atoms with Gasteiger partial charge in [-0.25, -0.2) is 4.98 Å². The smallest absolute Gasteiger partial charge is 0.416 e. The van der Waals surface area contributed by atoms with Crippen LogP contribution in [0.5, 0.6) is 11.6 Å². The SMILES string of the molecule is FC(F)(F)c1ccc(-c2n[nH]cc2CNc2cccc(Oc3ccccn3)c2)cc1. The van der Waals surface area contributed by atoms with E-state index >= 15 is 0 Å². The van der Waals surface area contributed by atoms with Crippen LogP contribution >= 0.6 is 0 Å². The summed E-state index contributed by atoms with van der Waals surface area (Å²) < 4.78 is 44.0. The zero-order valence-electron chi connectivity index (χ0n) is 15.6. The molecular formula is C22H17F3N4O. The van der Waals surface area contributed by atoms with Crippen LogP contribution in [-0.2, 0) is 12.7 Å². The Balaban J connectivity index is 1.45. The minimum Gasteiger partial charge on any atom is -0.439 e. The molecule has 30 heavy (non-hydrogen) atoms. The second-order valence-electron chi connectivity index (χ2n) is 6.49. The predicted octanol–water partition coefficient (Wildman–Crippen LogP) is 5.89. The van der Waals surface area contributed by atoms with Crippen molar-refractivity contribution in [3.63, 3.8) is 0 Å². The zero-order valence-corrected chi connectivity index (χ0v) is 15.6. The molecule has 0 aliphatic carbocycles. The van der Waals surface area contributed by atoms with E-state index < -0.39 is 11.7 Å². The Kier molecular flexibility index (Phi) is 5.38. The fourth-order valence-electron chi connectivity index (χ4n) is 2.91. The maximum absolute atomic E-state index is 12.8. The van der Waals surface area contributed by atoms with Gasteiger partial charge >= 0.3 is 6.18 Å². The first-order valence-electron chi connectivity index (χ1n) is 9.12. The molecule has 2 aromatic heterocycles. The summed E-state index contributed by atoms with van der Waals surface area (Å²) in [6.45, 7) is 0.430. The van der Waals surface area contributed by atoms with Crippen molar-refractivity contribution in [3.8, 4) is 22.9 Å². The molecule has 0 fully saturated rings. The summed E-state index contributed by atoms with van der Waals surface area (Å²) in [4.78, 5) is 4.13. The molecule has 0 unspecified atom stereocenters. The summed E-state index contributed by atoms with van der Waals surface area (Å²) >= 11 is 0. The van der Waals surface area contributed by atoms with Crippen LogP contribution in [0.4, 0.5) is 18.9 Å². The Morgan fingerprint density at radius 1 is 0.967 bits per heavy atom. The number of rotatable bonds is 6. The number of halogens is 3. The van der Waals surface area contributed by atoms with Gasteiger partial charge in [0.05, 0.1) is 11.3 Å². The first-order chi connectivity index (χ1) is 14.5. The van der Waals surface area contributed by atoms with Crippen molar-refractivity contribution in [2.75, 3.05) is 5.32 Å². The van der Waals surface area contributed by atoms with Crippen molar-refractivity contribution in [1.82, 2.24) is 15.2 Å². The van der Waals surface area contributed by atoms with Gasteiger partial charge in [-0.05, 0) is 30.3 Å². The number of ether oxygens (including phenoxy) is 1. The third-order valence-corrected chi connectivity index (χ3v) is 4.38. The quantitative estimate of drug-likeness (QED) is 0.416. The maximum atomic E-state index is 12.8. The van der Waals surface area contributed by atoms with E-state index in [1.54, 1.807) is 18.5 Å². The number of anilines is 1. The first kappa shape index (κ1) is 19.5. The third-order valence-electron chi connectivity index (χ3n) is 4.38. The lowest BCUT2D eigenvalue weighted by Gasteiger charge is -2.10. The molecular weight excluding hydrogens is 393 g/mol. The molecule has 5 nitrogen and oxygen atoms in total. The fraction of sp³-hybridized carbons (Fsp3) is 0.0909. The molecule has 2 heterocycles. The van der Waals surface area contributed by atoms with Crippen molar-refractivity contribution < 1.29 is 17.9 Å². The largest absolute Gasteiger partial charge is 0.439 e. The lowest BCUT2D eigenvalue weighted by Crippen LogP contribution is -2.04. The van der Waals surface area contributed by atoms with E-state index in [4.69, 9.17) is 4.74 Å². The molecule has 0 aliphatic rings. The number of aromatic nitrogens is 3. The number of nitrogens with one attached hydrogen (secondary N) is 2. The average molecular weight is 410 g/mol. The first-order valence-corrected chi connectivity index (χ1v) is 9.12. The fourth-order valence-corrected chi connectivity index (χ4v) is 2.91. The van der Waals surface area contributed by atoms with Gasteiger partial charge in [-0.3, -0.25) is 5.10 Å². The van der Waals surface area contributed by atoms with Gasteiger partial charge < -0.3 is 10.1 Å². The van der Waals surface area contributed by atoms with Gasteiger partial charge in [0, 0.05) is 47.9 Å². The minimum absolute atomic E-state index is 0.430. The van der Waals surface area contributed by atoms with Gasteiger partial charge in [0.2, 0.25) is 5.88 Å². The molecule has 0 bridgehead atoms. The molecule has 2 aromatic carbocycles. The second kappa shape index (κ2) is 8.28. The standard InChI is InChI=1S/C22H17F3N4O/c23-22(24,25)17-9-7-15(8-10-17)21-16(14-28-29-21)13-27-18-4-3-5-19(12-18)30-20-6-1-2-11-26-20/h1-12,14,27H,13H2,(H,28,29). The molecule has 4 aromatic rings. The highest BCUT2D eigenvalue weighted by Gasteiger charge is 2.30. The van der Waals surface area contributed by atoms with Crippen LogP contribution in [0.1, 0.15) is 11.1 Å². The van der Waals surface area contributed by atoms with Crippen molar-refractivity contribution in [2.45, 2.75) is 12.7 Å². The number of aromatic amines is 1. The number of hydrogen-bond acceptors (Lipinski definition) is 4. The van der Waals surface area contributed by atoms with E-state index in [9.17, 15) is 13.2 Å². The Labute approximate surface area is 170 Å². The summed E-state index contributed by atoms with van der Waals surface area (Å²) in [7, 11) is 0. The molecule has 0 saturated carbocycles. The Morgan fingerprint density at radius 2 is 1.80 bits per heavy atom. The Bertz CT molecular complexity index is 1110. The van der Waals surface area contributed by atoms with E-state index in [1.807, 2.05) is 36.4 Å². The monoisotopic (exact) mass is 410 g/mol. The van der Waals surface area contributed by atoms with Crippen molar-refractivity contribution in [3.05, 3.63) is 90.3 Å². The van der Waals surface area contributed by atoms with Crippen molar-refractivity contribution >= 4 is 5.69 Å². The lowest BCUT2D eigenvalue weighted by atomic mass is 10.1.